The maximum Gasteiger partial charge on any atom is 0.306 e. The summed E-state index contributed by atoms with van der Waals surface area (Å²) >= 11 is 0. The number of unbranched alkanes of at least 4 members (excludes halogenated alkanes) is 13. The van der Waals surface area contributed by atoms with Gasteiger partial charge in [-0.3, -0.25) is 14.4 Å². The van der Waals surface area contributed by atoms with E-state index >= 15 is 0 Å². The number of ether oxygens (including phenoxy) is 3. The Morgan fingerprint density at radius 2 is 0.746 bits per heavy atom. The average molecular weight is 869 g/mol. The summed E-state index contributed by atoms with van der Waals surface area (Å²) in [5, 5.41) is 0. The van der Waals surface area contributed by atoms with Crippen LogP contribution in [0.1, 0.15) is 188 Å². The monoisotopic (exact) mass is 869 g/mol. The second-order valence-corrected chi connectivity index (χ2v) is 15.7. The van der Waals surface area contributed by atoms with Crippen molar-refractivity contribution < 1.29 is 28.6 Å². The Hall–Kier alpha value is -4.45. The van der Waals surface area contributed by atoms with E-state index in [1.54, 1.807) is 0 Å². The molecule has 0 aliphatic heterocycles. The normalized spacial score (nSPS) is 13.3. The van der Waals surface area contributed by atoms with Crippen molar-refractivity contribution in [2.24, 2.45) is 0 Å². The van der Waals surface area contributed by atoms with Crippen LogP contribution in [-0.2, 0) is 28.6 Å². The third-order valence-electron chi connectivity index (χ3n) is 9.76. The van der Waals surface area contributed by atoms with Gasteiger partial charge in [0.05, 0.1) is 0 Å². The van der Waals surface area contributed by atoms with Crippen molar-refractivity contribution in [1.82, 2.24) is 0 Å². The number of hydrogen-bond acceptors (Lipinski definition) is 6. The second-order valence-electron chi connectivity index (χ2n) is 15.7. The molecular weight excluding hydrogens is 781 g/mol. The average Bonchev–Trinajstić information content (AvgIpc) is 3.28. The van der Waals surface area contributed by atoms with Crippen LogP contribution in [0.3, 0.4) is 0 Å². The van der Waals surface area contributed by atoms with E-state index in [1.165, 1.54) is 57.8 Å². The molecule has 0 saturated heterocycles. The number of carbonyl (C=O) groups excluding carboxylic acids is 3. The zero-order valence-corrected chi connectivity index (χ0v) is 40.0. The number of hydrogen-bond donors (Lipinski definition) is 0. The van der Waals surface area contributed by atoms with Gasteiger partial charge in [-0.2, -0.15) is 0 Å². The summed E-state index contributed by atoms with van der Waals surface area (Å²) in [5.74, 6) is -1.12. The van der Waals surface area contributed by atoms with Crippen LogP contribution in [0.2, 0.25) is 0 Å². The maximum absolute atomic E-state index is 12.8. The van der Waals surface area contributed by atoms with Crippen LogP contribution in [0.25, 0.3) is 0 Å². The third kappa shape index (κ3) is 48.4. The van der Waals surface area contributed by atoms with Gasteiger partial charge in [-0.05, 0) is 89.9 Å². The molecule has 0 aromatic heterocycles. The molecule has 0 bridgehead atoms. The predicted molar refractivity (Wildman–Crippen MR) is 269 cm³/mol. The van der Waals surface area contributed by atoms with E-state index < -0.39 is 6.10 Å². The van der Waals surface area contributed by atoms with Gasteiger partial charge in [-0.1, -0.05) is 212 Å². The van der Waals surface area contributed by atoms with E-state index in [4.69, 9.17) is 14.2 Å². The summed E-state index contributed by atoms with van der Waals surface area (Å²) in [5.41, 5.74) is 0. The number of carbonyl (C=O) groups is 3. The first-order chi connectivity index (χ1) is 31.0. The predicted octanol–water partition coefficient (Wildman–Crippen LogP) is 16.3. The van der Waals surface area contributed by atoms with Gasteiger partial charge in [-0.15, -0.1) is 0 Å². The van der Waals surface area contributed by atoms with Crippen molar-refractivity contribution in [3.05, 3.63) is 134 Å². The van der Waals surface area contributed by atoms with Crippen LogP contribution in [-0.4, -0.2) is 37.2 Å². The van der Waals surface area contributed by atoms with Gasteiger partial charge >= 0.3 is 17.9 Å². The fourth-order valence-corrected chi connectivity index (χ4v) is 6.10. The van der Waals surface area contributed by atoms with E-state index in [2.05, 4.69) is 87.6 Å². The quantitative estimate of drug-likeness (QED) is 0.0200. The highest BCUT2D eigenvalue weighted by Gasteiger charge is 2.19. The van der Waals surface area contributed by atoms with Crippen molar-refractivity contribution >= 4 is 17.9 Å². The molecule has 352 valence electrons. The number of esters is 3. The summed E-state index contributed by atoms with van der Waals surface area (Å²) in [6, 6.07) is 0. The molecule has 0 aromatic carbocycles. The molecule has 0 saturated carbocycles. The molecule has 0 rings (SSSR count). The van der Waals surface area contributed by atoms with E-state index in [-0.39, 0.29) is 50.4 Å². The molecule has 0 N–H and O–H groups in total. The fraction of sp³-hybridized carbons (Fsp3) is 0.561. The smallest absolute Gasteiger partial charge is 0.306 e. The Bertz CT molecular complexity index is 1420. The number of allylic oxidation sites excluding steroid dienone is 22. The summed E-state index contributed by atoms with van der Waals surface area (Å²) < 4.78 is 16.6. The molecule has 0 amide bonds. The van der Waals surface area contributed by atoms with Gasteiger partial charge in [-0.25, -0.2) is 0 Å². The molecule has 0 aliphatic carbocycles. The van der Waals surface area contributed by atoms with E-state index in [0.29, 0.717) is 12.8 Å². The second kappa shape index (κ2) is 50.2. The molecule has 0 heterocycles. The van der Waals surface area contributed by atoms with Gasteiger partial charge in [0.25, 0.3) is 0 Å². The first kappa shape index (κ1) is 58.6. The Morgan fingerprint density at radius 1 is 0.349 bits per heavy atom. The Kier molecular flexibility index (Phi) is 46.7. The van der Waals surface area contributed by atoms with E-state index in [0.717, 1.165) is 77.0 Å². The summed E-state index contributed by atoms with van der Waals surface area (Å²) in [6.45, 7) is 6.21. The van der Waals surface area contributed by atoms with Crippen molar-refractivity contribution in [1.29, 1.82) is 0 Å². The molecule has 1 unspecified atom stereocenters. The van der Waals surface area contributed by atoms with Crippen molar-refractivity contribution in [3.8, 4) is 0 Å². The van der Waals surface area contributed by atoms with Crippen LogP contribution in [0.15, 0.2) is 134 Å². The fourth-order valence-electron chi connectivity index (χ4n) is 6.10. The first-order valence-electron chi connectivity index (χ1n) is 24.8. The van der Waals surface area contributed by atoms with E-state index in [1.807, 2.05) is 66.8 Å². The van der Waals surface area contributed by atoms with Crippen LogP contribution in [0.5, 0.6) is 0 Å². The SMILES string of the molecule is CC/C=C/C=C/C=C/C=C/C=C/CCCC(=O)OCC(COC(=O)CC/C=C/C/C=C/C/C=C/C/C=C/C/C=C/CC)OC(=O)CCCCCCC/C=C/CCCCCCCCC. The van der Waals surface area contributed by atoms with Crippen LogP contribution in [0.4, 0.5) is 0 Å². The standard InChI is InChI=1S/C57H88O6/c1-4-7-10-13-16-19-22-25-27-29-32-35-38-41-44-47-50-56(59)62-53-54(52-61-55(58)49-46-43-40-37-34-31-24-21-18-15-12-9-6-3)63-57(60)51-48-45-42-39-36-33-30-28-26-23-20-17-14-11-8-5-2/h7,9-10,12,15-16,18-19,21,24-25,27-28,30-32,34-35,37,40-41,44,54H,4-6,8,11,13-14,17,20,22-23,26,29,33,36,38-39,42-43,45-53H2,1-3H3/b10-7+,12-9+,18-15+,19-16+,24-21+,27-25+,30-28+,34-31+,35-32+,40-37+,44-41+. The van der Waals surface area contributed by atoms with Gasteiger partial charge in [0.2, 0.25) is 0 Å². The van der Waals surface area contributed by atoms with Gasteiger partial charge in [0.15, 0.2) is 6.10 Å². The summed E-state index contributed by atoms with van der Waals surface area (Å²) in [7, 11) is 0. The molecule has 0 aliphatic rings. The molecule has 1 atom stereocenters. The van der Waals surface area contributed by atoms with Gasteiger partial charge in [0.1, 0.15) is 13.2 Å². The van der Waals surface area contributed by atoms with Crippen LogP contribution < -0.4 is 0 Å². The first-order valence-corrected chi connectivity index (χ1v) is 24.8. The molecule has 63 heavy (non-hydrogen) atoms. The minimum absolute atomic E-state index is 0.146. The topological polar surface area (TPSA) is 78.9 Å². The van der Waals surface area contributed by atoms with Gasteiger partial charge < -0.3 is 14.2 Å². The summed E-state index contributed by atoms with van der Waals surface area (Å²) in [4.78, 5) is 37.9. The zero-order valence-electron chi connectivity index (χ0n) is 40.0. The third-order valence-corrected chi connectivity index (χ3v) is 9.76. The lowest BCUT2D eigenvalue weighted by molar-refractivity contribution is -0.166. The minimum Gasteiger partial charge on any atom is -0.462 e. The lowest BCUT2D eigenvalue weighted by Crippen LogP contribution is -2.30. The van der Waals surface area contributed by atoms with Crippen molar-refractivity contribution in [3.63, 3.8) is 0 Å². The van der Waals surface area contributed by atoms with Crippen LogP contribution in [0, 0.1) is 0 Å². The largest absolute Gasteiger partial charge is 0.462 e. The lowest BCUT2D eigenvalue weighted by Gasteiger charge is -2.18. The highest BCUT2D eigenvalue weighted by atomic mass is 16.6. The molecule has 6 nitrogen and oxygen atoms in total. The molecule has 6 heteroatoms. The van der Waals surface area contributed by atoms with Crippen molar-refractivity contribution in [2.75, 3.05) is 13.2 Å². The summed E-state index contributed by atoms with van der Waals surface area (Å²) in [6.07, 6.45) is 70.3. The minimum atomic E-state index is -0.845. The highest BCUT2D eigenvalue weighted by Crippen LogP contribution is 2.12. The molecule has 0 aromatic rings. The Morgan fingerprint density at radius 3 is 1.29 bits per heavy atom. The molecular formula is C57H88O6. The Balaban J connectivity index is 4.63. The highest BCUT2D eigenvalue weighted by molar-refractivity contribution is 5.71. The maximum atomic E-state index is 12.8. The molecule has 0 radical (unpaired) electrons. The van der Waals surface area contributed by atoms with Gasteiger partial charge in [0, 0.05) is 19.3 Å². The zero-order chi connectivity index (χ0) is 45.8. The lowest BCUT2D eigenvalue weighted by atomic mass is 10.1. The van der Waals surface area contributed by atoms with Crippen LogP contribution >= 0.6 is 0 Å². The molecule has 0 spiro atoms. The van der Waals surface area contributed by atoms with E-state index in [9.17, 15) is 14.4 Å². The Labute approximate surface area is 385 Å². The van der Waals surface area contributed by atoms with Crippen molar-refractivity contribution in [2.45, 2.75) is 194 Å². The number of rotatable bonds is 42. The molecule has 0 fully saturated rings.